The molecule has 0 radical (unpaired) electrons. The maximum absolute atomic E-state index is 13.5. The van der Waals surface area contributed by atoms with Crippen molar-refractivity contribution in [3.05, 3.63) is 46.4 Å². The van der Waals surface area contributed by atoms with Crippen LogP contribution in [0.5, 0.6) is 0 Å². The lowest BCUT2D eigenvalue weighted by molar-refractivity contribution is -0.125. The molecule has 1 unspecified atom stereocenters. The van der Waals surface area contributed by atoms with Crippen LogP contribution in [0.15, 0.2) is 35.1 Å². The van der Waals surface area contributed by atoms with Crippen molar-refractivity contribution < 1.29 is 9.18 Å². The Balaban J connectivity index is 1.42. The third-order valence-corrected chi connectivity index (χ3v) is 5.75. The summed E-state index contributed by atoms with van der Waals surface area (Å²) in [6.07, 6.45) is 4.57. The number of hydrogen-bond acceptors (Lipinski definition) is 4. The highest BCUT2D eigenvalue weighted by atomic mass is 35.5. The SMILES string of the molecule is O=C(C1=NNC2=CC1CNCC2)N1CCC(c2cc(F)ccc2Cl)CC1. The third kappa shape index (κ3) is 3.48. The van der Waals surface area contributed by atoms with Crippen LogP contribution in [0.4, 0.5) is 4.39 Å². The molecule has 1 aromatic rings. The Kier molecular flexibility index (Phi) is 4.96. The number of nitrogens with zero attached hydrogens (tertiary/aromatic N) is 2. The fraction of sp³-hybridized carbons (Fsp3) is 0.474. The molecule has 3 aliphatic heterocycles. The number of hydrazone groups is 1. The van der Waals surface area contributed by atoms with Gasteiger partial charge in [-0.2, -0.15) is 5.10 Å². The number of likely N-dealkylation sites (tertiary alicyclic amines) is 1. The highest BCUT2D eigenvalue weighted by Gasteiger charge is 2.32. The number of fused-ring (bicyclic) bond motifs is 1. The van der Waals surface area contributed by atoms with E-state index in [4.69, 9.17) is 11.6 Å². The van der Waals surface area contributed by atoms with Crippen LogP contribution in [-0.4, -0.2) is 42.7 Å². The van der Waals surface area contributed by atoms with Crippen molar-refractivity contribution in [2.24, 2.45) is 11.0 Å². The van der Waals surface area contributed by atoms with Crippen molar-refractivity contribution in [2.45, 2.75) is 25.2 Å². The van der Waals surface area contributed by atoms with E-state index in [0.717, 1.165) is 43.6 Å². The number of carbonyl (C=O) groups excluding carboxylic acids is 1. The van der Waals surface area contributed by atoms with E-state index in [1.54, 1.807) is 6.07 Å². The first-order chi connectivity index (χ1) is 12.6. The van der Waals surface area contributed by atoms with Crippen LogP contribution in [0.1, 0.15) is 30.7 Å². The molecular formula is C19H22ClFN4O. The summed E-state index contributed by atoms with van der Waals surface area (Å²) in [6, 6.07) is 4.50. The molecule has 0 spiro atoms. The molecule has 7 heteroatoms. The summed E-state index contributed by atoms with van der Waals surface area (Å²) in [5.74, 6) is -0.0735. The number of halogens is 2. The Hall–Kier alpha value is -1.92. The number of benzene rings is 1. The van der Waals surface area contributed by atoms with E-state index < -0.39 is 0 Å². The maximum Gasteiger partial charge on any atom is 0.270 e. The minimum absolute atomic E-state index is 0.00899. The Morgan fingerprint density at radius 3 is 2.92 bits per heavy atom. The first kappa shape index (κ1) is 17.5. The predicted molar refractivity (Wildman–Crippen MR) is 99.6 cm³/mol. The van der Waals surface area contributed by atoms with E-state index in [1.807, 2.05) is 4.90 Å². The van der Waals surface area contributed by atoms with Crippen LogP contribution in [0.3, 0.4) is 0 Å². The number of hydrogen-bond donors (Lipinski definition) is 2. The second-order valence-corrected chi connectivity index (χ2v) is 7.50. The van der Waals surface area contributed by atoms with Crippen molar-refractivity contribution in [1.82, 2.24) is 15.6 Å². The number of piperidine rings is 1. The predicted octanol–water partition coefficient (Wildman–Crippen LogP) is 2.64. The van der Waals surface area contributed by atoms with Gasteiger partial charge in [0.1, 0.15) is 11.5 Å². The van der Waals surface area contributed by atoms with Gasteiger partial charge in [-0.1, -0.05) is 17.7 Å². The molecule has 3 aliphatic rings. The Bertz CT molecular complexity index is 771. The second-order valence-electron chi connectivity index (χ2n) is 7.09. The second kappa shape index (κ2) is 7.37. The summed E-state index contributed by atoms with van der Waals surface area (Å²) in [6.45, 7) is 2.90. The molecule has 5 nitrogen and oxygen atoms in total. The molecular weight excluding hydrogens is 355 g/mol. The normalized spacial score (nSPS) is 23.6. The molecule has 26 heavy (non-hydrogen) atoms. The molecule has 1 saturated heterocycles. The van der Waals surface area contributed by atoms with Gasteiger partial charge in [0, 0.05) is 49.2 Å². The van der Waals surface area contributed by atoms with Gasteiger partial charge in [0.2, 0.25) is 0 Å². The fourth-order valence-electron chi connectivity index (χ4n) is 3.94. The van der Waals surface area contributed by atoms with E-state index >= 15 is 0 Å². The van der Waals surface area contributed by atoms with Gasteiger partial charge in [-0.3, -0.25) is 10.2 Å². The monoisotopic (exact) mass is 376 g/mol. The highest BCUT2D eigenvalue weighted by molar-refractivity contribution is 6.40. The van der Waals surface area contributed by atoms with Crippen molar-refractivity contribution in [1.29, 1.82) is 0 Å². The molecule has 138 valence electrons. The summed E-state index contributed by atoms with van der Waals surface area (Å²) in [7, 11) is 0. The lowest BCUT2D eigenvalue weighted by Gasteiger charge is -2.34. The van der Waals surface area contributed by atoms with Crippen molar-refractivity contribution in [2.75, 3.05) is 26.2 Å². The van der Waals surface area contributed by atoms with Crippen LogP contribution in [0, 0.1) is 11.7 Å². The maximum atomic E-state index is 13.5. The lowest BCUT2D eigenvalue weighted by Crippen LogP contribution is -2.46. The van der Waals surface area contributed by atoms with Crippen molar-refractivity contribution in [3.8, 4) is 0 Å². The molecule has 0 aromatic heterocycles. The quantitative estimate of drug-likeness (QED) is 0.834. The molecule has 3 heterocycles. The van der Waals surface area contributed by atoms with Gasteiger partial charge in [-0.05, 0) is 42.5 Å². The van der Waals surface area contributed by atoms with Crippen LogP contribution in [0.2, 0.25) is 5.02 Å². The minimum Gasteiger partial charge on any atom is -0.337 e. The Labute approximate surface area is 157 Å². The topological polar surface area (TPSA) is 56.7 Å². The standard InChI is InChI=1S/C19H22ClFN4O/c20-17-2-1-14(21)10-16(17)12-4-7-25(8-5-12)19(26)18-13-9-15(23-24-18)3-6-22-11-13/h1-2,9-10,12-13,22-23H,3-8,11H2. The molecule has 1 amide bonds. The first-order valence-corrected chi connectivity index (χ1v) is 9.49. The average molecular weight is 377 g/mol. The number of rotatable bonds is 2. The zero-order valence-electron chi connectivity index (χ0n) is 14.5. The van der Waals surface area contributed by atoms with Gasteiger partial charge in [0.15, 0.2) is 0 Å². The number of carbonyl (C=O) groups is 1. The number of amides is 1. The molecule has 1 atom stereocenters. The summed E-state index contributed by atoms with van der Waals surface area (Å²) in [5.41, 5.74) is 5.51. The van der Waals surface area contributed by atoms with Gasteiger partial charge < -0.3 is 10.2 Å². The van der Waals surface area contributed by atoms with Gasteiger partial charge in [-0.25, -0.2) is 4.39 Å². The highest BCUT2D eigenvalue weighted by Crippen LogP contribution is 2.33. The molecule has 1 fully saturated rings. The van der Waals surface area contributed by atoms with Gasteiger partial charge in [-0.15, -0.1) is 0 Å². The Morgan fingerprint density at radius 2 is 2.12 bits per heavy atom. The van der Waals surface area contributed by atoms with Crippen molar-refractivity contribution >= 4 is 23.2 Å². The molecule has 0 aliphatic carbocycles. The average Bonchev–Trinajstić information content (AvgIpc) is 2.85. The van der Waals surface area contributed by atoms with Crippen LogP contribution >= 0.6 is 11.6 Å². The van der Waals surface area contributed by atoms with Crippen LogP contribution in [-0.2, 0) is 4.79 Å². The van der Waals surface area contributed by atoms with Crippen LogP contribution < -0.4 is 10.7 Å². The zero-order chi connectivity index (χ0) is 18.1. The van der Waals surface area contributed by atoms with Gasteiger partial charge in [0.25, 0.3) is 5.91 Å². The summed E-state index contributed by atoms with van der Waals surface area (Å²) >= 11 is 6.24. The summed E-state index contributed by atoms with van der Waals surface area (Å²) in [5, 5.41) is 8.30. The lowest BCUT2D eigenvalue weighted by atomic mass is 9.88. The number of nitrogens with one attached hydrogen (secondary N) is 2. The van der Waals surface area contributed by atoms with E-state index in [0.29, 0.717) is 23.8 Å². The van der Waals surface area contributed by atoms with Crippen LogP contribution in [0.25, 0.3) is 0 Å². The van der Waals surface area contributed by atoms with E-state index in [1.165, 1.54) is 12.1 Å². The van der Waals surface area contributed by atoms with E-state index in [2.05, 4.69) is 21.9 Å². The third-order valence-electron chi connectivity index (χ3n) is 5.41. The molecule has 0 saturated carbocycles. The molecule has 1 aromatic carbocycles. The van der Waals surface area contributed by atoms with Gasteiger partial charge in [0.05, 0.1) is 0 Å². The van der Waals surface area contributed by atoms with E-state index in [9.17, 15) is 9.18 Å². The molecule has 2 bridgehead atoms. The molecule has 4 rings (SSSR count). The molecule has 2 N–H and O–H groups in total. The Morgan fingerprint density at radius 1 is 1.31 bits per heavy atom. The minimum atomic E-state index is -0.269. The zero-order valence-corrected chi connectivity index (χ0v) is 15.2. The summed E-state index contributed by atoms with van der Waals surface area (Å²) in [4.78, 5) is 14.8. The fourth-order valence-corrected chi connectivity index (χ4v) is 4.21. The largest absolute Gasteiger partial charge is 0.337 e. The summed E-state index contributed by atoms with van der Waals surface area (Å²) < 4.78 is 13.5. The van der Waals surface area contributed by atoms with Gasteiger partial charge >= 0.3 is 0 Å². The van der Waals surface area contributed by atoms with E-state index in [-0.39, 0.29) is 23.6 Å². The first-order valence-electron chi connectivity index (χ1n) is 9.11. The van der Waals surface area contributed by atoms with Crippen molar-refractivity contribution in [3.63, 3.8) is 0 Å². The smallest absolute Gasteiger partial charge is 0.270 e.